The normalized spacial score (nSPS) is 25.1. The Morgan fingerprint density at radius 2 is 2.00 bits per heavy atom. The van der Waals surface area contributed by atoms with E-state index in [9.17, 15) is 0 Å². The van der Waals surface area contributed by atoms with E-state index in [1.54, 1.807) is 0 Å². The lowest BCUT2D eigenvalue weighted by Crippen LogP contribution is -2.52. The first-order chi connectivity index (χ1) is 14.6. The molecule has 2 aliphatic heterocycles. The van der Waals surface area contributed by atoms with Crippen LogP contribution in [0.2, 0.25) is 0 Å². The summed E-state index contributed by atoms with van der Waals surface area (Å²) in [6, 6.07) is 4.45. The second-order valence-corrected chi connectivity index (χ2v) is 9.00. The number of hydrogen-bond donors (Lipinski definition) is 3. The first kappa shape index (κ1) is 23.8. The Kier molecular flexibility index (Phi) is 7.84. The molecular formula is C21H36N6O4. The fourth-order valence-electron chi connectivity index (χ4n) is 4.06. The number of hydrogen-bond acceptors (Lipinski definition) is 9. The summed E-state index contributed by atoms with van der Waals surface area (Å²) in [4.78, 5) is 8.80. The summed E-state index contributed by atoms with van der Waals surface area (Å²) >= 11 is 0. The summed E-state index contributed by atoms with van der Waals surface area (Å²) in [6.07, 6.45) is 3.86. The van der Waals surface area contributed by atoms with E-state index < -0.39 is 5.79 Å². The number of ether oxygens (including phenoxy) is 2. The lowest BCUT2D eigenvalue weighted by atomic mass is 10.1. The first-order valence-electron chi connectivity index (χ1n) is 10.8. The molecule has 0 amide bonds. The Morgan fingerprint density at radius 3 is 2.71 bits per heavy atom. The van der Waals surface area contributed by atoms with Gasteiger partial charge in [0.25, 0.3) is 0 Å². The molecule has 2 saturated heterocycles. The van der Waals surface area contributed by atoms with Crippen LogP contribution in [0.3, 0.4) is 0 Å². The van der Waals surface area contributed by atoms with Gasteiger partial charge in [-0.25, -0.2) is 9.50 Å². The van der Waals surface area contributed by atoms with Gasteiger partial charge in [0.15, 0.2) is 11.6 Å². The zero-order chi connectivity index (χ0) is 22.6. The Balaban J connectivity index is 0.000000491. The van der Waals surface area contributed by atoms with Gasteiger partial charge in [0.05, 0.1) is 25.0 Å². The van der Waals surface area contributed by atoms with E-state index in [-0.39, 0.29) is 12.2 Å². The number of fused-ring (bicyclic) bond motifs is 1. The zero-order valence-electron chi connectivity index (χ0n) is 18.9. The molecule has 10 nitrogen and oxygen atoms in total. The summed E-state index contributed by atoms with van der Waals surface area (Å²) in [5.74, 6) is -0.999. The van der Waals surface area contributed by atoms with Gasteiger partial charge < -0.3 is 30.3 Å². The maximum atomic E-state index is 8.08. The lowest BCUT2D eigenvalue weighted by Gasteiger charge is -2.38. The number of aliphatic hydroxyl groups is 2. The number of nitrogens with two attached hydrogens (primary N) is 1. The number of nitrogens with zero attached hydrogens (tertiary/aromatic N) is 5. The zero-order valence-corrected chi connectivity index (χ0v) is 18.9. The van der Waals surface area contributed by atoms with Crippen molar-refractivity contribution in [1.82, 2.24) is 24.4 Å². The van der Waals surface area contributed by atoms with Crippen LogP contribution in [-0.4, -0.2) is 99.5 Å². The standard InChI is InChI=1S/C18H28N6O2.C3H8O2/c1-22(2)9-13-11-25-8-7-23(13)10-14-3-6-17(26-14)15-4-5-16-18(19)20-12-21-24(15)16;1-3(2,4)5/h4-5,12-14,17H,3,6-11H2,1-2H3,(H2,19,20,21);4-5H,1-2H3/t13-,14+,17-;/m1./s1. The second kappa shape index (κ2) is 10.2. The smallest absolute Gasteiger partial charge is 0.156 e. The molecule has 4 rings (SSSR count). The fraction of sp³-hybridized carbons (Fsp3) is 0.714. The monoisotopic (exact) mass is 436 g/mol. The highest BCUT2D eigenvalue weighted by molar-refractivity contribution is 5.65. The van der Waals surface area contributed by atoms with Gasteiger partial charge in [0.2, 0.25) is 0 Å². The van der Waals surface area contributed by atoms with E-state index in [2.05, 4.69) is 40.0 Å². The van der Waals surface area contributed by atoms with Crippen molar-refractivity contribution in [2.24, 2.45) is 0 Å². The van der Waals surface area contributed by atoms with Crippen LogP contribution >= 0.6 is 0 Å². The van der Waals surface area contributed by atoms with E-state index in [0.29, 0.717) is 11.9 Å². The van der Waals surface area contributed by atoms with Crippen molar-refractivity contribution in [3.05, 3.63) is 24.2 Å². The van der Waals surface area contributed by atoms with Crippen LogP contribution in [0.4, 0.5) is 5.82 Å². The number of anilines is 1. The summed E-state index contributed by atoms with van der Waals surface area (Å²) in [7, 11) is 4.22. The minimum absolute atomic E-state index is 0.0603. The molecule has 0 aromatic carbocycles. The van der Waals surface area contributed by atoms with Gasteiger partial charge in [-0.05, 0) is 52.9 Å². The van der Waals surface area contributed by atoms with E-state index in [1.165, 1.54) is 20.2 Å². The van der Waals surface area contributed by atoms with Crippen molar-refractivity contribution in [2.75, 3.05) is 52.7 Å². The predicted molar refractivity (Wildman–Crippen MR) is 117 cm³/mol. The molecule has 2 aliphatic rings. The maximum Gasteiger partial charge on any atom is 0.156 e. The number of aromatic nitrogens is 3. The van der Waals surface area contributed by atoms with E-state index >= 15 is 0 Å². The summed E-state index contributed by atoms with van der Waals surface area (Å²) in [5, 5.41) is 20.5. The van der Waals surface area contributed by atoms with Crippen LogP contribution in [0.5, 0.6) is 0 Å². The third-order valence-corrected chi connectivity index (χ3v) is 5.31. The van der Waals surface area contributed by atoms with Crippen LogP contribution in [0.25, 0.3) is 5.52 Å². The van der Waals surface area contributed by atoms with Crippen molar-refractivity contribution < 1.29 is 19.7 Å². The van der Waals surface area contributed by atoms with Gasteiger partial charge >= 0.3 is 0 Å². The van der Waals surface area contributed by atoms with Crippen LogP contribution in [0, 0.1) is 0 Å². The van der Waals surface area contributed by atoms with Crippen molar-refractivity contribution in [1.29, 1.82) is 0 Å². The summed E-state index contributed by atoms with van der Waals surface area (Å²) < 4.78 is 13.9. The number of rotatable bonds is 5. The van der Waals surface area contributed by atoms with Crippen molar-refractivity contribution in [2.45, 2.75) is 50.7 Å². The van der Waals surface area contributed by atoms with Gasteiger partial charge in [0, 0.05) is 25.7 Å². The Bertz CT molecular complexity index is 831. The molecule has 3 atom stereocenters. The molecule has 0 saturated carbocycles. The molecule has 4 heterocycles. The molecule has 0 bridgehead atoms. The van der Waals surface area contributed by atoms with Gasteiger partial charge in [-0.1, -0.05) is 0 Å². The van der Waals surface area contributed by atoms with Crippen molar-refractivity contribution in [3.8, 4) is 0 Å². The third kappa shape index (κ3) is 6.83. The molecule has 0 unspecified atom stereocenters. The van der Waals surface area contributed by atoms with Gasteiger partial charge in [-0.15, -0.1) is 0 Å². The molecule has 4 N–H and O–H groups in total. The lowest BCUT2D eigenvalue weighted by molar-refractivity contribution is -0.127. The topological polar surface area (TPSA) is 122 Å². The SMILES string of the molecule is CC(C)(O)O.CN(C)C[C@@H]1COCCN1C[C@@H]1CC[C@H](c2ccc3c(N)ncnn23)O1. The Morgan fingerprint density at radius 1 is 1.26 bits per heavy atom. The molecule has 0 spiro atoms. The minimum atomic E-state index is -1.50. The average molecular weight is 437 g/mol. The molecule has 0 aliphatic carbocycles. The van der Waals surface area contributed by atoms with Crippen LogP contribution < -0.4 is 5.73 Å². The number of morpholine rings is 1. The molecule has 174 valence electrons. The largest absolute Gasteiger partial charge is 0.382 e. The molecule has 10 heteroatoms. The van der Waals surface area contributed by atoms with Gasteiger partial charge in [-0.2, -0.15) is 5.10 Å². The number of nitrogen functional groups attached to an aromatic ring is 1. The Labute approximate surface area is 183 Å². The van der Waals surface area contributed by atoms with E-state index in [4.69, 9.17) is 25.4 Å². The fourth-order valence-corrected chi connectivity index (χ4v) is 4.06. The van der Waals surface area contributed by atoms with Gasteiger partial charge in [0.1, 0.15) is 17.9 Å². The number of likely N-dealkylation sites (N-methyl/N-ethyl adjacent to an activating group) is 1. The van der Waals surface area contributed by atoms with Crippen LogP contribution in [-0.2, 0) is 9.47 Å². The second-order valence-electron chi connectivity index (χ2n) is 9.00. The molecule has 2 aromatic heterocycles. The highest BCUT2D eigenvalue weighted by Gasteiger charge is 2.33. The molecule has 2 aromatic rings. The summed E-state index contributed by atoms with van der Waals surface area (Å²) in [5.41, 5.74) is 7.84. The minimum Gasteiger partial charge on any atom is -0.382 e. The average Bonchev–Trinajstić information content (AvgIpc) is 3.29. The summed E-state index contributed by atoms with van der Waals surface area (Å²) in [6.45, 7) is 7.14. The van der Waals surface area contributed by atoms with Crippen molar-refractivity contribution in [3.63, 3.8) is 0 Å². The third-order valence-electron chi connectivity index (χ3n) is 5.31. The van der Waals surface area contributed by atoms with Crippen LogP contribution in [0.15, 0.2) is 18.5 Å². The molecule has 2 fully saturated rings. The Hall–Kier alpha value is -1.82. The molecule has 0 radical (unpaired) electrons. The van der Waals surface area contributed by atoms with Gasteiger partial charge in [-0.3, -0.25) is 4.90 Å². The van der Waals surface area contributed by atoms with Crippen molar-refractivity contribution >= 4 is 11.3 Å². The van der Waals surface area contributed by atoms with E-state index in [1.807, 2.05) is 10.6 Å². The van der Waals surface area contributed by atoms with Crippen LogP contribution in [0.1, 0.15) is 38.5 Å². The highest BCUT2D eigenvalue weighted by Crippen LogP contribution is 2.34. The quantitative estimate of drug-likeness (QED) is 0.575. The molecular weight excluding hydrogens is 400 g/mol. The first-order valence-corrected chi connectivity index (χ1v) is 10.8. The molecule has 31 heavy (non-hydrogen) atoms. The maximum absolute atomic E-state index is 8.08. The predicted octanol–water partition coefficient (Wildman–Crippen LogP) is 0.501. The highest BCUT2D eigenvalue weighted by atomic mass is 16.5. The van der Waals surface area contributed by atoms with E-state index in [0.717, 1.165) is 56.9 Å².